The van der Waals surface area contributed by atoms with Gasteiger partial charge in [-0.3, -0.25) is 4.79 Å². The fourth-order valence-corrected chi connectivity index (χ4v) is 3.86. The molecule has 1 aromatic rings. The summed E-state index contributed by atoms with van der Waals surface area (Å²) in [5.74, 6) is 1.18. The van der Waals surface area contributed by atoms with Crippen LogP contribution in [0.1, 0.15) is 38.7 Å². The van der Waals surface area contributed by atoms with Crippen molar-refractivity contribution in [3.05, 3.63) is 23.8 Å². The molecule has 0 aromatic heterocycles. The van der Waals surface area contributed by atoms with Crippen molar-refractivity contribution >= 4 is 23.2 Å². The van der Waals surface area contributed by atoms with Crippen molar-refractivity contribution < 1.29 is 14.3 Å². The second-order valence-corrected chi connectivity index (χ2v) is 7.48. The van der Waals surface area contributed by atoms with Gasteiger partial charge in [0.1, 0.15) is 0 Å². The monoisotopic (exact) mass is 393 g/mol. The molecule has 7 heteroatoms. The van der Waals surface area contributed by atoms with E-state index >= 15 is 0 Å². The van der Waals surface area contributed by atoms with Gasteiger partial charge in [0.2, 0.25) is 5.91 Å². The number of ether oxygens (including phenoxy) is 2. The molecule has 0 unspecified atom stereocenters. The number of methoxy groups -OCH3 is 2. The maximum Gasteiger partial charge on any atom is 0.225 e. The minimum absolute atomic E-state index is 0.0289. The lowest BCUT2D eigenvalue weighted by Gasteiger charge is -2.23. The molecule has 2 rings (SSSR count). The van der Waals surface area contributed by atoms with Crippen LogP contribution in [0.25, 0.3) is 0 Å². The number of nitrogens with one attached hydrogen (secondary N) is 2. The summed E-state index contributed by atoms with van der Waals surface area (Å²) in [6.07, 6.45) is 0.905. The van der Waals surface area contributed by atoms with Crippen LogP contribution >= 0.6 is 12.2 Å². The van der Waals surface area contributed by atoms with Crippen molar-refractivity contribution in [1.29, 1.82) is 0 Å². The molecule has 0 bridgehead atoms. The predicted octanol–water partition coefficient (Wildman–Crippen LogP) is 2.53. The highest BCUT2D eigenvalue weighted by Gasteiger charge is 2.41. The average Bonchev–Trinajstić information content (AvgIpc) is 3.10. The summed E-state index contributed by atoms with van der Waals surface area (Å²) in [4.78, 5) is 14.9. The van der Waals surface area contributed by atoms with E-state index < -0.39 is 0 Å². The summed E-state index contributed by atoms with van der Waals surface area (Å²) in [7, 11) is 3.25. The molecule has 27 heavy (non-hydrogen) atoms. The lowest BCUT2D eigenvalue weighted by atomic mass is 9.87. The lowest BCUT2D eigenvalue weighted by Crippen LogP contribution is -2.42. The van der Waals surface area contributed by atoms with Gasteiger partial charge in [-0.05, 0) is 38.6 Å². The SMILES string of the molecule is CCCNC(=O)[C@H]1CN(C(=S)NC(C)C)C[C@H]1c1cccc(OC)c1OC. The molecule has 0 saturated carbocycles. The fourth-order valence-electron chi connectivity index (χ4n) is 3.47. The highest BCUT2D eigenvalue weighted by atomic mass is 32.1. The van der Waals surface area contributed by atoms with Crippen molar-refractivity contribution in [2.75, 3.05) is 33.9 Å². The van der Waals surface area contributed by atoms with Crippen LogP contribution in [0.3, 0.4) is 0 Å². The third-order valence-corrected chi connectivity index (χ3v) is 5.11. The van der Waals surface area contributed by atoms with Crippen molar-refractivity contribution in [2.45, 2.75) is 39.2 Å². The molecule has 6 nitrogen and oxygen atoms in total. The van der Waals surface area contributed by atoms with E-state index in [-0.39, 0.29) is 23.8 Å². The Morgan fingerprint density at radius 2 is 2.04 bits per heavy atom. The van der Waals surface area contributed by atoms with Crippen molar-refractivity contribution in [3.63, 3.8) is 0 Å². The number of hydrogen-bond acceptors (Lipinski definition) is 4. The van der Waals surface area contributed by atoms with Gasteiger partial charge >= 0.3 is 0 Å². The van der Waals surface area contributed by atoms with Crippen LogP contribution in [0.15, 0.2) is 18.2 Å². The maximum atomic E-state index is 12.9. The molecule has 1 aliphatic rings. The summed E-state index contributed by atoms with van der Waals surface area (Å²) < 4.78 is 11.1. The molecule has 2 atom stereocenters. The molecule has 1 fully saturated rings. The summed E-state index contributed by atoms with van der Waals surface area (Å²) >= 11 is 5.56. The first-order valence-electron chi connectivity index (χ1n) is 9.46. The van der Waals surface area contributed by atoms with Gasteiger partial charge in [-0.25, -0.2) is 0 Å². The van der Waals surface area contributed by atoms with Crippen LogP contribution in [0.5, 0.6) is 11.5 Å². The Kier molecular flexibility index (Phi) is 7.71. The van der Waals surface area contributed by atoms with E-state index in [1.165, 1.54) is 0 Å². The van der Waals surface area contributed by atoms with Gasteiger partial charge in [0, 0.05) is 37.2 Å². The molecule has 1 aliphatic heterocycles. The molecule has 1 aromatic carbocycles. The van der Waals surface area contributed by atoms with E-state index in [1.54, 1.807) is 14.2 Å². The van der Waals surface area contributed by atoms with Gasteiger partial charge in [-0.1, -0.05) is 19.1 Å². The Hall–Kier alpha value is -2.02. The quantitative estimate of drug-likeness (QED) is 0.694. The number of thiocarbonyl (C=S) groups is 1. The number of benzene rings is 1. The number of amides is 1. The largest absolute Gasteiger partial charge is 0.493 e. The van der Waals surface area contributed by atoms with Crippen molar-refractivity contribution in [3.8, 4) is 11.5 Å². The van der Waals surface area contributed by atoms with Crippen LogP contribution < -0.4 is 20.1 Å². The molecule has 1 heterocycles. The van der Waals surface area contributed by atoms with E-state index in [0.29, 0.717) is 36.2 Å². The topological polar surface area (TPSA) is 62.8 Å². The number of likely N-dealkylation sites (tertiary alicyclic amines) is 1. The number of carbonyl (C=O) groups is 1. The summed E-state index contributed by atoms with van der Waals surface area (Å²) in [5.41, 5.74) is 0.975. The molecule has 1 saturated heterocycles. The highest BCUT2D eigenvalue weighted by Crippen LogP contribution is 2.41. The molecular weight excluding hydrogens is 362 g/mol. The van der Waals surface area contributed by atoms with Crippen LogP contribution in [0.2, 0.25) is 0 Å². The van der Waals surface area contributed by atoms with Crippen LogP contribution in [0.4, 0.5) is 0 Å². The van der Waals surface area contributed by atoms with E-state index in [0.717, 1.165) is 12.0 Å². The Morgan fingerprint density at radius 1 is 1.30 bits per heavy atom. The van der Waals surface area contributed by atoms with Crippen LogP contribution in [0, 0.1) is 5.92 Å². The molecular formula is C20H31N3O3S. The zero-order chi connectivity index (χ0) is 20.0. The van der Waals surface area contributed by atoms with Gasteiger partial charge < -0.3 is 25.0 Å². The first-order valence-corrected chi connectivity index (χ1v) is 9.87. The standard InChI is InChI=1S/C20H31N3O3S/c1-6-10-21-19(24)16-12-23(20(27)22-13(2)3)11-15(16)14-8-7-9-17(25-4)18(14)26-5/h7-9,13,15-16H,6,10-12H2,1-5H3,(H,21,24)(H,22,27)/t15-,16-/m0/s1. The van der Waals surface area contributed by atoms with E-state index in [1.807, 2.05) is 25.1 Å². The maximum absolute atomic E-state index is 12.9. The summed E-state index contributed by atoms with van der Waals surface area (Å²) in [6, 6.07) is 6.06. The second-order valence-electron chi connectivity index (χ2n) is 7.10. The molecule has 0 radical (unpaired) electrons. The van der Waals surface area contributed by atoms with Gasteiger partial charge in [0.15, 0.2) is 16.6 Å². The Morgan fingerprint density at radius 3 is 2.63 bits per heavy atom. The average molecular weight is 394 g/mol. The van der Waals surface area contributed by atoms with Crippen molar-refractivity contribution in [2.24, 2.45) is 5.92 Å². The number of hydrogen-bond donors (Lipinski definition) is 2. The Balaban J connectivity index is 2.35. The molecule has 0 aliphatic carbocycles. The zero-order valence-corrected chi connectivity index (χ0v) is 17.7. The predicted molar refractivity (Wildman–Crippen MR) is 112 cm³/mol. The number of nitrogens with zero attached hydrogens (tertiary/aromatic N) is 1. The van der Waals surface area contributed by atoms with Gasteiger partial charge in [-0.15, -0.1) is 0 Å². The second kappa shape index (κ2) is 9.78. The normalized spacial score (nSPS) is 19.1. The molecule has 0 spiro atoms. The van der Waals surface area contributed by atoms with Crippen LogP contribution in [-0.2, 0) is 4.79 Å². The van der Waals surface area contributed by atoms with Gasteiger partial charge in [0.25, 0.3) is 0 Å². The van der Waals surface area contributed by atoms with E-state index in [4.69, 9.17) is 21.7 Å². The fraction of sp³-hybridized carbons (Fsp3) is 0.600. The minimum atomic E-state index is -0.204. The van der Waals surface area contributed by atoms with Crippen molar-refractivity contribution in [1.82, 2.24) is 15.5 Å². The molecule has 1 amide bonds. The third kappa shape index (κ3) is 5.03. The third-order valence-electron chi connectivity index (χ3n) is 4.74. The number of rotatable bonds is 7. The molecule has 2 N–H and O–H groups in total. The summed E-state index contributed by atoms with van der Waals surface area (Å²) in [6.45, 7) is 8.07. The van der Waals surface area contributed by atoms with Crippen LogP contribution in [-0.4, -0.2) is 55.8 Å². The van der Waals surface area contributed by atoms with E-state index in [2.05, 4.69) is 29.4 Å². The highest BCUT2D eigenvalue weighted by molar-refractivity contribution is 7.80. The smallest absolute Gasteiger partial charge is 0.225 e. The van der Waals surface area contributed by atoms with E-state index in [9.17, 15) is 4.79 Å². The minimum Gasteiger partial charge on any atom is -0.493 e. The van der Waals surface area contributed by atoms with Gasteiger partial charge in [0.05, 0.1) is 20.1 Å². The number of carbonyl (C=O) groups excluding carboxylic acids is 1. The first kappa shape index (κ1) is 21.3. The summed E-state index contributed by atoms with van der Waals surface area (Å²) in [5, 5.41) is 7.00. The Bertz CT molecular complexity index is 666. The Labute approximate surface area is 167 Å². The lowest BCUT2D eigenvalue weighted by molar-refractivity contribution is -0.124. The van der Waals surface area contributed by atoms with Gasteiger partial charge in [-0.2, -0.15) is 0 Å². The zero-order valence-electron chi connectivity index (χ0n) is 16.9. The first-order chi connectivity index (χ1) is 12.9. The number of para-hydroxylation sites is 1. The molecule has 150 valence electrons.